The highest BCUT2D eigenvalue weighted by molar-refractivity contribution is 9.10. The van der Waals surface area contributed by atoms with Gasteiger partial charge in [0.25, 0.3) is 5.91 Å². The highest BCUT2D eigenvalue weighted by Crippen LogP contribution is 2.18. The molecule has 1 atom stereocenters. The Labute approximate surface area is 139 Å². The van der Waals surface area contributed by atoms with Crippen LogP contribution in [0.15, 0.2) is 22.8 Å². The fraction of sp³-hybridized carbons (Fsp3) is 0.286. The number of nitrogens with two attached hydrogens (primary N) is 1. The smallest absolute Gasteiger partial charge is 0.326 e. The molecule has 0 saturated heterocycles. The van der Waals surface area contributed by atoms with Gasteiger partial charge >= 0.3 is 5.97 Å². The number of hydrogen-bond acceptors (Lipinski definition) is 4. The molecule has 4 N–H and O–H groups in total. The van der Waals surface area contributed by atoms with E-state index in [1.807, 2.05) is 6.92 Å². The summed E-state index contributed by atoms with van der Waals surface area (Å²) in [5.74, 6) is -2.76. The van der Waals surface area contributed by atoms with E-state index in [2.05, 4.69) is 26.2 Å². The van der Waals surface area contributed by atoms with Crippen molar-refractivity contribution in [3.63, 3.8) is 0 Å². The Balaban J connectivity index is 2.41. The van der Waals surface area contributed by atoms with Crippen LogP contribution in [-0.4, -0.2) is 38.3 Å². The van der Waals surface area contributed by atoms with Gasteiger partial charge in [-0.3, -0.25) is 14.0 Å². The van der Waals surface area contributed by atoms with Crippen LogP contribution in [0.4, 0.5) is 0 Å². The number of carbonyl (C=O) groups is 3. The van der Waals surface area contributed by atoms with Gasteiger partial charge < -0.3 is 16.2 Å². The van der Waals surface area contributed by atoms with Crippen molar-refractivity contribution in [3.8, 4) is 0 Å². The Bertz CT molecular complexity index is 786. The molecule has 2 rings (SSSR count). The summed E-state index contributed by atoms with van der Waals surface area (Å²) in [6, 6.07) is 2.14. The molecule has 122 valence electrons. The van der Waals surface area contributed by atoms with Gasteiger partial charge in [0.05, 0.1) is 12.1 Å². The van der Waals surface area contributed by atoms with Crippen molar-refractivity contribution in [3.05, 3.63) is 34.2 Å². The van der Waals surface area contributed by atoms with Crippen LogP contribution in [-0.2, 0) is 16.0 Å². The number of aromatic nitrogens is 2. The number of aryl methyl sites for hydroxylation is 1. The Hall–Kier alpha value is -2.42. The highest BCUT2D eigenvalue weighted by atomic mass is 79.9. The second kappa shape index (κ2) is 6.78. The molecular formula is C14H15BrN4O4. The number of carboxylic acid groups (broad SMARTS) is 1. The molecule has 23 heavy (non-hydrogen) atoms. The van der Waals surface area contributed by atoms with Crippen LogP contribution in [0.3, 0.4) is 0 Å². The third-order valence-corrected chi connectivity index (χ3v) is 3.68. The first-order chi connectivity index (χ1) is 10.8. The average molecular weight is 383 g/mol. The molecule has 2 aromatic rings. The molecule has 9 heteroatoms. The number of rotatable bonds is 6. The minimum absolute atomic E-state index is 0.236. The quantitative estimate of drug-likeness (QED) is 0.678. The molecule has 2 heterocycles. The molecular weight excluding hydrogens is 368 g/mol. The van der Waals surface area contributed by atoms with E-state index < -0.39 is 30.2 Å². The Morgan fingerprint density at radius 1 is 1.43 bits per heavy atom. The van der Waals surface area contributed by atoms with Crippen LogP contribution in [0.1, 0.15) is 29.5 Å². The predicted molar refractivity (Wildman–Crippen MR) is 85.0 cm³/mol. The van der Waals surface area contributed by atoms with E-state index in [0.29, 0.717) is 17.8 Å². The second-order valence-corrected chi connectivity index (χ2v) is 5.79. The summed E-state index contributed by atoms with van der Waals surface area (Å²) in [6.07, 6.45) is 1.68. The maximum Gasteiger partial charge on any atom is 0.326 e. The van der Waals surface area contributed by atoms with Crippen molar-refractivity contribution in [2.45, 2.75) is 25.8 Å². The summed E-state index contributed by atoms with van der Waals surface area (Å²) in [5, 5.41) is 11.4. The monoisotopic (exact) mass is 382 g/mol. The van der Waals surface area contributed by atoms with Gasteiger partial charge in [-0.2, -0.15) is 0 Å². The summed E-state index contributed by atoms with van der Waals surface area (Å²) in [5.41, 5.74) is 6.35. The number of nitrogens with one attached hydrogen (secondary N) is 1. The number of carbonyl (C=O) groups excluding carboxylic acids is 2. The highest BCUT2D eigenvalue weighted by Gasteiger charge is 2.26. The molecule has 0 saturated carbocycles. The molecule has 8 nitrogen and oxygen atoms in total. The number of aliphatic carboxylic acids is 1. The lowest BCUT2D eigenvalue weighted by Crippen LogP contribution is -2.43. The normalized spacial score (nSPS) is 12.1. The van der Waals surface area contributed by atoms with Crippen molar-refractivity contribution < 1.29 is 19.5 Å². The number of nitrogens with zero attached hydrogens (tertiary/aromatic N) is 2. The van der Waals surface area contributed by atoms with Gasteiger partial charge in [0.2, 0.25) is 5.91 Å². The standard InChI is InChI=1S/C14H15BrN4O4/c1-2-8-12(19-6-7(15)3-4-11(19)17-8)13(21)18-9(14(22)23)5-10(16)20/h3-4,6,9H,2,5H2,1H3,(H2,16,20)(H,18,21)(H,22,23). The van der Waals surface area contributed by atoms with Crippen molar-refractivity contribution in [1.29, 1.82) is 0 Å². The summed E-state index contributed by atoms with van der Waals surface area (Å²) in [4.78, 5) is 39.0. The second-order valence-electron chi connectivity index (χ2n) is 4.87. The Morgan fingerprint density at radius 3 is 2.70 bits per heavy atom. The van der Waals surface area contributed by atoms with Crippen LogP contribution < -0.4 is 11.1 Å². The number of carboxylic acids is 1. The summed E-state index contributed by atoms with van der Waals surface area (Å²) in [6.45, 7) is 1.84. The van der Waals surface area contributed by atoms with Crippen molar-refractivity contribution in [2.75, 3.05) is 0 Å². The van der Waals surface area contributed by atoms with E-state index in [9.17, 15) is 14.4 Å². The first-order valence-electron chi connectivity index (χ1n) is 6.82. The SMILES string of the molecule is CCc1nc2ccc(Br)cn2c1C(=O)NC(CC(N)=O)C(=O)O. The van der Waals surface area contributed by atoms with Gasteiger partial charge in [-0.25, -0.2) is 9.78 Å². The number of hydrogen-bond donors (Lipinski definition) is 3. The maximum absolute atomic E-state index is 12.5. The minimum Gasteiger partial charge on any atom is -0.480 e. The van der Waals surface area contributed by atoms with E-state index >= 15 is 0 Å². The zero-order valence-electron chi connectivity index (χ0n) is 12.2. The number of amides is 2. The molecule has 0 fully saturated rings. The third-order valence-electron chi connectivity index (χ3n) is 3.21. The fourth-order valence-corrected chi connectivity index (χ4v) is 2.52. The first kappa shape index (κ1) is 16.9. The number of pyridine rings is 1. The van der Waals surface area contributed by atoms with Crippen molar-refractivity contribution in [1.82, 2.24) is 14.7 Å². The molecule has 0 aromatic carbocycles. The number of halogens is 1. The van der Waals surface area contributed by atoms with E-state index in [0.717, 1.165) is 4.47 Å². The zero-order valence-corrected chi connectivity index (χ0v) is 13.8. The van der Waals surface area contributed by atoms with Crippen LogP contribution in [0, 0.1) is 0 Å². The van der Waals surface area contributed by atoms with Gasteiger partial charge in [0, 0.05) is 10.7 Å². The molecule has 2 amide bonds. The lowest BCUT2D eigenvalue weighted by molar-refractivity contribution is -0.140. The van der Waals surface area contributed by atoms with Crippen LogP contribution >= 0.6 is 15.9 Å². The molecule has 0 aliphatic carbocycles. The minimum atomic E-state index is -1.39. The van der Waals surface area contributed by atoms with Gasteiger partial charge in [-0.15, -0.1) is 0 Å². The van der Waals surface area contributed by atoms with E-state index in [-0.39, 0.29) is 5.69 Å². The molecule has 0 radical (unpaired) electrons. The van der Waals surface area contributed by atoms with Gasteiger partial charge in [0.1, 0.15) is 17.4 Å². The maximum atomic E-state index is 12.5. The van der Waals surface area contributed by atoms with Crippen molar-refractivity contribution in [2.24, 2.45) is 5.73 Å². The van der Waals surface area contributed by atoms with Crippen LogP contribution in [0.2, 0.25) is 0 Å². The number of imidazole rings is 1. The number of fused-ring (bicyclic) bond motifs is 1. The topological polar surface area (TPSA) is 127 Å². The Kier molecular flexibility index (Phi) is 4.99. The summed E-state index contributed by atoms with van der Waals surface area (Å²) < 4.78 is 2.31. The van der Waals surface area contributed by atoms with Gasteiger partial charge in [0.15, 0.2) is 0 Å². The van der Waals surface area contributed by atoms with Crippen molar-refractivity contribution >= 4 is 39.4 Å². The summed E-state index contributed by atoms with van der Waals surface area (Å²) >= 11 is 3.32. The van der Waals surface area contributed by atoms with E-state index in [1.165, 1.54) is 0 Å². The van der Waals surface area contributed by atoms with E-state index in [1.54, 1.807) is 22.7 Å². The summed E-state index contributed by atoms with van der Waals surface area (Å²) in [7, 11) is 0. The van der Waals surface area contributed by atoms with Crippen LogP contribution in [0.25, 0.3) is 5.65 Å². The fourth-order valence-electron chi connectivity index (χ4n) is 2.18. The van der Waals surface area contributed by atoms with Crippen LogP contribution in [0.5, 0.6) is 0 Å². The van der Waals surface area contributed by atoms with Gasteiger partial charge in [-0.05, 0) is 34.5 Å². The molecule has 2 aromatic heterocycles. The lowest BCUT2D eigenvalue weighted by atomic mass is 10.2. The van der Waals surface area contributed by atoms with E-state index in [4.69, 9.17) is 10.8 Å². The largest absolute Gasteiger partial charge is 0.480 e. The molecule has 0 aliphatic heterocycles. The first-order valence-corrected chi connectivity index (χ1v) is 7.61. The molecule has 0 aliphatic rings. The Morgan fingerprint density at radius 2 is 2.13 bits per heavy atom. The molecule has 0 bridgehead atoms. The lowest BCUT2D eigenvalue weighted by Gasteiger charge is -2.13. The zero-order chi connectivity index (χ0) is 17.1. The molecule has 1 unspecified atom stereocenters. The predicted octanol–water partition coefficient (Wildman–Crippen LogP) is 0.718. The third kappa shape index (κ3) is 3.67. The average Bonchev–Trinajstić information content (AvgIpc) is 2.83. The van der Waals surface area contributed by atoms with Gasteiger partial charge in [-0.1, -0.05) is 6.92 Å². The number of primary amides is 1. The molecule has 0 spiro atoms.